The van der Waals surface area contributed by atoms with Crippen molar-refractivity contribution in [2.24, 2.45) is 0 Å². The van der Waals surface area contributed by atoms with Gasteiger partial charge in [0, 0.05) is 36.3 Å². The van der Waals surface area contributed by atoms with Crippen LogP contribution in [0.5, 0.6) is 0 Å². The van der Waals surface area contributed by atoms with E-state index in [1.54, 1.807) is 18.3 Å². The Hall–Kier alpha value is -0.850. The Morgan fingerprint density at radius 3 is 2.75 bits per heavy atom. The lowest BCUT2D eigenvalue weighted by molar-refractivity contribution is 0.104. The molecular formula is C15H8BrClINO. The molecule has 3 rings (SSSR count). The maximum absolute atomic E-state index is 12.6. The zero-order valence-corrected chi connectivity index (χ0v) is 14.6. The SMILES string of the molecule is O=C(c1ccc(I)c(Cl)c1)c1c[nH]c2cc(Br)ccc12. The molecule has 1 heterocycles. The highest BCUT2D eigenvalue weighted by atomic mass is 127. The van der Waals surface area contributed by atoms with Crippen LogP contribution in [0.4, 0.5) is 0 Å². The molecule has 0 bridgehead atoms. The van der Waals surface area contributed by atoms with Gasteiger partial charge in [0.2, 0.25) is 0 Å². The number of benzene rings is 2. The Morgan fingerprint density at radius 2 is 2.00 bits per heavy atom. The number of aromatic nitrogens is 1. The molecule has 2 aromatic carbocycles. The number of carbonyl (C=O) groups excluding carboxylic acids is 1. The minimum absolute atomic E-state index is 0.0307. The Bertz CT molecular complexity index is 828. The maximum Gasteiger partial charge on any atom is 0.195 e. The molecule has 0 saturated carbocycles. The van der Waals surface area contributed by atoms with E-state index in [0.29, 0.717) is 16.1 Å². The molecule has 0 spiro atoms. The van der Waals surface area contributed by atoms with Gasteiger partial charge in [-0.2, -0.15) is 0 Å². The summed E-state index contributed by atoms with van der Waals surface area (Å²) in [6, 6.07) is 11.2. The predicted molar refractivity (Wildman–Crippen MR) is 93.6 cm³/mol. The van der Waals surface area contributed by atoms with Crippen LogP contribution in [0.15, 0.2) is 47.1 Å². The summed E-state index contributed by atoms with van der Waals surface area (Å²) in [7, 11) is 0. The number of aromatic amines is 1. The van der Waals surface area contributed by atoms with Crippen LogP contribution in [0.2, 0.25) is 5.02 Å². The Balaban J connectivity index is 2.10. The summed E-state index contributed by atoms with van der Waals surface area (Å²) in [4.78, 5) is 15.7. The average molecular weight is 460 g/mol. The Labute approximate surface area is 142 Å². The van der Waals surface area contributed by atoms with Crippen LogP contribution >= 0.6 is 50.1 Å². The van der Waals surface area contributed by atoms with Crippen molar-refractivity contribution in [1.29, 1.82) is 0 Å². The quantitative estimate of drug-likeness (QED) is 0.402. The third-order valence-corrected chi connectivity index (χ3v) is 5.14. The molecule has 1 N–H and O–H groups in total. The van der Waals surface area contributed by atoms with E-state index in [2.05, 4.69) is 43.5 Å². The number of H-pyrrole nitrogens is 1. The zero-order valence-electron chi connectivity index (χ0n) is 10.1. The summed E-state index contributed by atoms with van der Waals surface area (Å²) in [5.41, 5.74) is 2.18. The van der Waals surface area contributed by atoms with E-state index < -0.39 is 0 Å². The van der Waals surface area contributed by atoms with Crippen LogP contribution in [-0.2, 0) is 0 Å². The second-order valence-corrected chi connectivity index (χ2v) is 6.84. The van der Waals surface area contributed by atoms with E-state index in [1.807, 2.05) is 24.3 Å². The van der Waals surface area contributed by atoms with Gasteiger partial charge in [-0.3, -0.25) is 4.79 Å². The van der Waals surface area contributed by atoms with Crippen molar-refractivity contribution in [2.45, 2.75) is 0 Å². The average Bonchev–Trinajstić information content (AvgIpc) is 2.84. The van der Waals surface area contributed by atoms with Gasteiger partial charge in [0.1, 0.15) is 0 Å². The summed E-state index contributed by atoms with van der Waals surface area (Å²) in [5.74, 6) is -0.0307. The molecule has 100 valence electrons. The largest absolute Gasteiger partial charge is 0.360 e. The van der Waals surface area contributed by atoms with Gasteiger partial charge in [-0.05, 0) is 52.9 Å². The first-order chi connectivity index (χ1) is 9.56. The highest BCUT2D eigenvalue weighted by Crippen LogP contribution is 2.26. The van der Waals surface area contributed by atoms with Gasteiger partial charge >= 0.3 is 0 Å². The topological polar surface area (TPSA) is 32.9 Å². The van der Waals surface area contributed by atoms with Gasteiger partial charge in [0.15, 0.2) is 5.78 Å². The number of halogens is 3. The van der Waals surface area contributed by atoms with Gasteiger partial charge in [-0.15, -0.1) is 0 Å². The van der Waals surface area contributed by atoms with E-state index in [0.717, 1.165) is 18.9 Å². The van der Waals surface area contributed by atoms with E-state index in [4.69, 9.17) is 11.6 Å². The minimum atomic E-state index is -0.0307. The van der Waals surface area contributed by atoms with E-state index in [9.17, 15) is 4.79 Å². The van der Waals surface area contributed by atoms with Crippen molar-refractivity contribution < 1.29 is 4.79 Å². The van der Waals surface area contributed by atoms with Crippen LogP contribution in [0.1, 0.15) is 15.9 Å². The van der Waals surface area contributed by atoms with Crippen molar-refractivity contribution >= 4 is 66.8 Å². The molecule has 0 radical (unpaired) electrons. The number of carbonyl (C=O) groups is 1. The van der Waals surface area contributed by atoms with Gasteiger partial charge in [-0.1, -0.05) is 33.6 Å². The van der Waals surface area contributed by atoms with Crippen LogP contribution in [0.3, 0.4) is 0 Å². The highest BCUT2D eigenvalue weighted by molar-refractivity contribution is 14.1. The minimum Gasteiger partial charge on any atom is -0.360 e. The fourth-order valence-electron chi connectivity index (χ4n) is 2.08. The van der Waals surface area contributed by atoms with Crippen molar-refractivity contribution in [1.82, 2.24) is 4.98 Å². The Kier molecular flexibility index (Phi) is 3.88. The van der Waals surface area contributed by atoms with Crippen molar-refractivity contribution in [3.8, 4) is 0 Å². The van der Waals surface area contributed by atoms with Crippen molar-refractivity contribution in [3.05, 3.63) is 66.8 Å². The molecule has 0 amide bonds. The molecule has 0 unspecified atom stereocenters. The molecule has 5 heteroatoms. The summed E-state index contributed by atoms with van der Waals surface area (Å²) in [6.07, 6.45) is 1.74. The van der Waals surface area contributed by atoms with E-state index in [-0.39, 0.29) is 5.78 Å². The summed E-state index contributed by atoms with van der Waals surface area (Å²) < 4.78 is 1.91. The number of fused-ring (bicyclic) bond motifs is 1. The standard InChI is InChI=1S/C15H8BrClINO/c16-9-2-3-10-11(7-19-14(10)6-9)15(20)8-1-4-13(18)12(17)5-8/h1-7,19H. The molecule has 2 nitrogen and oxygen atoms in total. The predicted octanol–water partition coefficient (Wildman–Crippen LogP) is 5.42. The van der Waals surface area contributed by atoms with Crippen LogP contribution in [0, 0.1) is 3.57 Å². The molecule has 20 heavy (non-hydrogen) atoms. The third-order valence-electron chi connectivity index (χ3n) is 3.07. The lowest BCUT2D eigenvalue weighted by atomic mass is 10.0. The number of hydrogen-bond acceptors (Lipinski definition) is 1. The molecule has 1 aromatic heterocycles. The monoisotopic (exact) mass is 459 g/mol. The number of hydrogen-bond donors (Lipinski definition) is 1. The molecule has 0 fully saturated rings. The molecule has 0 aliphatic heterocycles. The second-order valence-electron chi connectivity index (χ2n) is 4.35. The molecule has 3 aromatic rings. The molecule has 0 aliphatic rings. The normalized spacial score (nSPS) is 10.9. The molecule has 0 saturated heterocycles. The van der Waals surface area contributed by atoms with Gasteiger partial charge in [-0.25, -0.2) is 0 Å². The lowest BCUT2D eigenvalue weighted by Crippen LogP contribution is -2.00. The summed E-state index contributed by atoms with van der Waals surface area (Å²) in [6.45, 7) is 0. The summed E-state index contributed by atoms with van der Waals surface area (Å²) in [5, 5.41) is 1.51. The van der Waals surface area contributed by atoms with Crippen LogP contribution < -0.4 is 0 Å². The van der Waals surface area contributed by atoms with Crippen LogP contribution in [0.25, 0.3) is 10.9 Å². The first-order valence-electron chi connectivity index (χ1n) is 5.82. The summed E-state index contributed by atoms with van der Waals surface area (Å²) >= 11 is 11.6. The molecule has 0 atom stereocenters. The Morgan fingerprint density at radius 1 is 1.20 bits per heavy atom. The second kappa shape index (κ2) is 5.50. The van der Waals surface area contributed by atoms with Crippen molar-refractivity contribution in [3.63, 3.8) is 0 Å². The number of nitrogens with one attached hydrogen (secondary N) is 1. The first kappa shape index (κ1) is 14.1. The van der Waals surface area contributed by atoms with Crippen molar-refractivity contribution in [2.75, 3.05) is 0 Å². The first-order valence-corrected chi connectivity index (χ1v) is 8.07. The lowest BCUT2D eigenvalue weighted by Gasteiger charge is -2.02. The fraction of sp³-hybridized carbons (Fsp3) is 0. The molecular weight excluding hydrogens is 452 g/mol. The third kappa shape index (κ3) is 2.52. The van der Waals surface area contributed by atoms with Gasteiger partial charge in [0.25, 0.3) is 0 Å². The smallest absolute Gasteiger partial charge is 0.195 e. The van der Waals surface area contributed by atoms with E-state index >= 15 is 0 Å². The van der Waals surface area contributed by atoms with Gasteiger partial charge < -0.3 is 4.98 Å². The fourth-order valence-corrected chi connectivity index (χ4v) is 2.96. The van der Waals surface area contributed by atoms with E-state index in [1.165, 1.54) is 0 Å². The van der Waals surface area contributed by atoms with Gasteiger partial charge in [0.05, 0.1) is 5.02 Å². The highest BCUT2D eigenvalue weighted by Gasteiger charge is 2.15. The molecule has 0 aliphatic carbocycles. The van der Waals surface area contributed by atoms with Crippen LogP contribution in [-0.4, -0.2) is 10.8 Å². The zero-order chi connectivity index (χ0) is 14.3. The number of ketones is 1. The number of rotatable bonds is 2. The maximum atomic E-state index is 12.6.